The number of urea groups is 1. The van der Waals surface area contributed by atoms with Crippen LogP contribution in [-0.2, 0) is 6.42 Å². The minimum Gasteiger partial charge on any atom is -0.478 e. The van der Waals surface area contributed by atoms with Gasteiger partial charge in [0, 0.05) is 29.8 Å². The number of carboxylic acid groups (broad SMARTS) is 1. The number of H-pyrrole nitrogens is 1. The van der Waals surface area contributed by atoms with Crippen molar-refractivity contribution >= 4 is 33.6 Å². The van der Waals surface area contributed by atoms with Crippen LogP contribution in [0.4, 0.5) is 10.5 Å². The minimum absolute atomic E-state index is 0.144. The highest BCUT2D eigenvalue weighted by atomic mass is 79.9. The second-order valence-electron chi connectivity index (χ2n) is 4.17. The van der Waals surface area contributed by atoms with Crippen molar-refractivity contribution in [1.82, 2.24) is 15.3 Å². The highest BCUT2D eigenvalue weighted by molar-refractivity contribution is 9.10. The summed E-state index contributed by atoms with van der Waals surface area (Å²) in [7, 11) is 0. The van der Waals surface area contributed by atoms with Crippen molar-refractivity contribution in [3.05, 3.63) is 46.5 Å². The van der Waals surface area contributed by atoms with Gasteiger partial charge in [0.25, 0.3) is 0 Å². The van der Waals surface area contributed by atoms with E-state index in [4.69, 9.17) is 5.11 Å². The van der Waals surface area contributed by atoms with Gasteiger partial charge in [-0.05, 0) is 34.1 Å². The number of benzene rings is 1. The third-order valence-electron chi connectivity index (χ3n) is 2.67. The Kier molecular flexibility index (Phi) is 4.94. The summed E-state index contributed by atoms with van der Waals surface area (Å²) in [5, 5.41) is 14.2. The van der Waals surface area contributed by atoms with Crippen LogP contribution in [0.3, 0.4) is 0 Å². The number of carbonyl (C=O) groups excluding carboxylic acids is 1. The molecule has 0 saturated carbocycles. The van der Waals surface area contributed by atoms with Gasteiger partial charge in [-0.1, -0.05) is 0 Å². The van der Waals surface area contributed by atoms with Gasteiger partial charge in [-0.2, -0.15) is 0 Å². The molecular formula is C13H13BrN4O3. The standard InChI is InChI=1S/C13H13BrN4O3/c14-9-7-8(12(19)20)1-2-10(9)18-13(21)17-4-3-11-15-5-6-16-11/h1-2,5-7H,3-4H2,(H,15,16)(H,19,20)(H2,17,18,21). The second kappa shape index (κ2) is 6.89. The van der Waals surface area contributed by atoms with Gasteiger partial charge in [0.2, 0.25) is 0 Å². The molecule has 1 aromatic carbocycles. The quantitative estimate of drug-likeness (QED) is 0.661. The van der Waals surface area contributed by atoms with E-state index in [1.54, 1.807) is 12.4 Å². The number of aromatic amines is 1. The van der Waals surface area contributed by atoms with E-state index in [1.165, 1.54) is 18.2 Å². The fraction of sp³-hybridized carbons (Fsp3) is 0.154. The zero-order valence-electron chi connectivity index (χ0n) is 10.9. The molecule has 7 nitrogen and oxygen atoms in total. The number of carboxylic acids is 1. The lowest BCUT2D eigenvalue weighted by Crippen LogP contribution is -2.30. The average molecular weight is 353 g/mol. The zero-order chi connectivity index (χ0) is 15.2. The number of amides is 2. The highest BCUT2D eigenvalue weighted by Gasteiger charge is 2.09. The first-order valence-corrected chi connectivity index (χ1v) is 6.91. The van der Waals surface area contributed by atoms with E-state index in [9.17, 15) is 9.59 Å². The Morgan fingerprint density at radius 3 is 2.81 bits per heavy atom. The Hall–Kier alpha value is -2.35. The SMILES string of the molecule is O=C(NCCc1ncc[nH]1)Nc1ccc(C(=O)O)cc1Br. The van der Waals surface area contributed by atoms with Crippen LogP contribution >= 0.6 is 15.9 Å². The molecule has 0 saturated heterocycles. The Bertz CT molecular complexity index is 643. The van der Waals surface area contributed by atoms with Gasteiger partial charge >= 0.3 is 12.0 Å². The molecule has 21 heavy (non-hydrogen) atoms. The molecule has 4 N–H and O–H groups in total. The number of nitrogens with zero attached hydrogens (tertiary/aromatic N) is 1. The molecular weight excluding hydrogens is 340 g/mol. The number of imidazole rings is 1. The number of halogens is 1. The van der Waals surface area contributed by atoms with Crippen LogP contribution in [0.1, 0.15) is 16.2 Å². The van der Waals surface area contributed by atoms with E-state index in [1.807, 2.05) is 0 Å². The van der Waals surface area contributed by atoms with E-state index in [2.05, 4.69) is 36.5 Å². The molecule has 110 valence electrons. The smallest absolute Gasteiger partial charge is 0.335 e. The fourth-order valence-corrected chi connectivity index (χ4v) is 2.12. The van der Waals surface area contributed by atoms with Gasteiger partial charge < -0.3 is 20.7 Å². The predicted octanol–water partition coefficient (Wildman–Crippen LogP) is 2.23. The first kappa shape index (κ1) is 15.0. The minimum atomic E-state index is -1.02. The van der Waals surface area contributed by atoms with Gasteiger partial charge in [0.1, 0.15) is 5.82 Å². The Balaban J connectivity index is 1.86. The van der Waals surface area contributed by atoms with Crippen molar-refractivity contribution in [3.63, 3.8) is 0 Å². The third-order valence-corrected chi connectivity index (χ3v) is 3.32. The summed E-state index contributed by atoms with van der Waals surface area (Å²) in [6.45, 7) is 0.435. The molecule has 0 radical (unpaired) electrons. The molecule has 2 rings (SSSR count). The molecule has 2 aromatic rings. The van der Waals surface area contributed by atoms with Gasteiger partial charge in [-0.25, -0.2) is 14.6 Å². The number of nitrogens with one attached hydrogen (secondary N) is 3. The normalized spacial score (nSPS) is 10.1. The molecule has 0 unspecified atom stereocenters. The van der Waals surface area contributed by atoms with Crippen molar-refractivity contribution in [2.24, 2.45) is 0 Å². The summed E-state index contributed by atoms with van der Waals surface area (Å²) in [4.78, 5) is 29.5. The van der Waals surface area contributed by atoms with Crippen molar-refractivity contribution < 1.29 is 14.7 Å². The number of aromatic carboxylic acids is 1. The Labute approximate surface area is 128 Å². The molecule has 0 aliphatic rings. The van der Waals surface area contributed by atoms with Gasteiger partial charge in [0.05, 0.1) is 11.3 Å². The van der Waals surface area contributed by atoms with E-state index < -0.39 is 5.97 Å². The van der Waals surface area contributed by atoms with Crippen molar-refractivity contribution in [1.29, 1.82) is 0 Å². The molecule has 0 aliphatic carbocycles. The molecule has 2 amide bonds. The zero-order valence-corrected chi connectivity index (χ0v) is 12.5. The second-order valence-corrected chi connectivity index (χ2v) is 5.02. The predicted molar refractivity (Wildman–Crippen MR) is 80.4 cm³/mol. The lowest BCUT2D eigenvalue weighted by molar-refractivity contribution is 0.0697. The molecule has 8 heteroatoms. The average Bonchev–Trinajstić information content (AvgIpc) is 2.94. The molecule has 0 fully saturated rings. The van der Waals surface area contributed by atoms with Crippen LogP contribution in [0, 0.1) is 0 Å². The van der Waals surface area contributed by atoms with Gasteiger partial charge in [0.15, 0.2) is 0 Å². The topological polar surface area (TPSA) is 107 Å². The Morgan fingerprint density at radius 1 is 1.38 bits per heavy atom. The number of hydrogen-bond acceptors (Lipinski definition) is 3. The largest absolute Gasteiger partial charge is 0.478 e. The summed E-state index contributed by atoms with van der Waals surface area (Å²) in [5.41, 5.74) is 0.640. The summed E-state index contributed by atoms with van der Waals surface area (Å²) >= 11 is 3.22. The molecule has 0 atom stereocenters. The maximum Gasteiger partial charge on any atom is 0.335 e. The van der Waals surface area contributed by atoms with Crippen LogP contribution in [0.15, 0.2) is 35.1 Å². The summed E-state index contributed by atoms with van der Waals surface area (Å²) in [5.74, 6) is -0.229. The van der Waals surface area contributed by atoms with E-state index in [-0.39, 0.29) is 11.6 Å². The molecule has 1 heterocycles. The monoisotopic (exact) mass is 352 g/mol. The number of hydrogen-bond donors (Lipinski definition) is 4. The van der Waals surface area contributed by atoms with Crippen LogP contribution in [0.2, 0.25) is 0 Å². The van der Waals surface area contributed by atoms with E-state index >= 15 is 0 Å². The lowest BCUT2D eigenvalue weighted by Gasteiger charge is -2.09. The number of anilines is 1. The van der Waals surface area contributed by atoms with Crippen molar-refractivity contribution in [2.75, 3.05) is 11.9 Å². The van der Waals surface area contributed by atoms with Crippen LogP contribution in [0.25, 0.3) is 0 Å². The summed E-state index contributed by atoms with van der Waals surface area (Å²) < 4.78 is 0.503. The van der Waals surface area contributed by atoms with Crippen LogP contribution < -0.4 is 10.6 Å². The van der Waals surface area contributed by atoms with Crippen LogP contribution in [0.5, 0.6) is 0 Å². The number of carbonyl (C=O) groups is 2. The van der Waals surface area contributed by atoms with E-state index in [0.717, 1.165) is 5.82 Å². The maximum absolute atomic E-state index is 11.7. The third kappa shape index (κ3) is 4.32. The highest BCUT2D eigenvalue weighted by Crippen LogP contribution is 2.23. The first-order valence-electron chi connectivity index (χ1n) is 6.12. The fourth-order valence-electron chi connectivity index (χ4n) is 1.65. The van der Waals surface area contributed by atoms with Crippen LogP contribution in [-0.4, -0.2) is 33.6 Å². The maximum atomic E-state index is 11.7. The molecule has 0 bridgehead atoms. The van der Waals surface area contributed by atoms with Gasteiger partial charge in [-0.15, -0.1) is 0 Å². The van der Waals surface area contributed by atoms with E-state index in [0.29, 0.717) is 23.1 Å². The molecule has 0 spiro atoms. The summed E-state index contributed by atoms with van der Waals surface area (Å²) in [6, 6.07) is 4.01. The van der Waals surface area contributed by atoms with Gasteiger partial charge in [-0.3, -0.25) is 0 Å². The van der Waals surface area contributed by atoms with Crippen molar-refractivity contribution in [3.8, 4) is 0 Å². The summed E-state index contributed by atoms with van der Waals surface area (Å²) in [6.07, 6.45) is 3.96. The first-order chi connectivity index (χ1) is 10.1. The van der Waals surface area contributed by atoms with Crippen molar-refractivity contribution in [2.45, 2.75) is 6.42 Å². The Morgan fingerprint density at radius 2 is 2.19 bits per heavy atom. The molecule has 0 aliphatic heterocycles. The number of rotatable bonds is 5. The lowest BCUT2D eigenvalue weighted by atomic mass is 10.2. The number of aromatic nitrogens is 2. The molecule has 1 aromatic heterocycles.